The Labute approximate surface area is 142 Å². The molecule has 0 amide bonds. The van der Waals surface area contributed by atoms with Crippen molar-refractivity contribution in [1.29, 1.82) is 0 Å². The van der Waals surface area contributed by atoms with E-state index in [1.165, 1.54) is 17.0 Å². The van der Waals surface area contributed by atoms with Crippen molar-refractivity contribution in [3.05, 3.63) is 28.2 Å². The van der Waals surface area contributed by atoms with Crippen LogP contribution in [0.15, 0.2) is 22.7 Å². The van der Waals surface area contributed by atoms with Crippen molar-refractivity contribution in [2.75, 3.05) is 17.2 Å². The summed E-state index contributed by atoms with van der Waals surface area (Å²) in [5.74, 6) is 1.22. The molecule has 2 nitrogen and oxygen atoms in total. The van der Waals surface area contributed by atoms with Gasteiger partial charge in [0.1, 0.15) is 0 Å². The van der Waals surface area contributed by atoms with Crippen molar-refractivity contribution in [3.63, 3.8) is 0 Å². The van der Waals surface area contributed by atoms with E-state index in [4.69, 9.17) is 0 Å². The quantitative estimate of drug-likeness (QED) is 0.832. The Morgan fingerprint density at radius 1 is 1.33 bits per heavy atom. The SMILES string of the molecule is CC1SCCN(c2ccc(Br)cc2CNC(C)(C)C)C1C. The Balaban J connectivity index is 2.25. The molecule has 118 valence electrons. The molecule has 1 saturated heterocycles. The fourth-order valence-corrected chi connectivity index (χ4v) is 4.12. The number of hydrogen-bond donors (Lipinski definition) is 1. The zero-order valence-electron chi connectivity index (χ0n) is 13.7. The topological polar surface area (TPSA) is 15.3 Å². The zero-order valence-corrected chi connectivity index (χ0v) is 16.1. The van der Waals surface area contributed by atoms with Crippen LogP contribution in [0.4, 0.5) is 5.69 Å². The smallest absolute Gasteiger partial charge is 0.0415 e. The van der Waals surface area contributed by atoms with Crippen molar-refractivity contribution in [2.45, 2.75) is 58.0 Å². The summed E-state index contributed by atoms with van der Waals surface area (Å²) < 4.78 is 1.16. The first-order valence-electron chi connectivity index (χ1n) is 7.69. The molecule has 0 spiro atoms. The number of halogens is 1. The first-order valence-corrected chi connectivity index (χ1v) is 9.54. The third kappa shape index (κ3) is 4.64. The Morgan fingerprint density at radius 3 is 2.71 bits per heavy atom. The molecule has 1 aromatic carbocycles. The fourth-order valence-electron chi connectivity index (χ4n) is 2.61. The Hall–Kier alpha value is -0.190. The first kappa shape index (κ1) is 17.2. The highest BCUT2D eigenvalue weighted by atomic mass is 79.9. The van der Waals surface area contributed by atoms with Gasteiger partial charge >= 0.3 is 0 Å². The van der Waals surface area contributed by atoms with E-state index >= 15 is 0 Å². The van der Waals surface area contributed by atoms with E-state index in [1.807, 2.05) is 0 Å². The van der Waals surface area contributed by atoms with E-state index in [0.717, 1.165) is 17.6 Å². The molecule has 0 radical (unpaired) electrons. The van der Waals surface area contributed by atoms with Crippen LogP contribution in [-0.2, 0) is 6.54 Å². The number of anilines is 1. The average Bonchev–Trinajstić information content (AvgIpc) is 2.39. The zero-order chi connectivity index (χ0) is 15.6. The second-order valence-corrected chi connectivity index (χ2v) is 9.29. The predicted octanol–water partition coefficient (Wildman–Crippen LogP) is 4.67. The van der Waals surface area contributed by atoms with Crippen LogP contribution in [-0.4, -0.2) is 29.1 Å². The van der Waals surface area contributed by atoms with Crippen LogP contribution in [0, 0.1) is 0 Å². The number of hydrogen-bond acceptors (Lipinski definition) is 3. The van der Waals surface area contributed by atoms with E-state index < -0.39 is 0 Å². The molecule has 0 saturated carbocycles. The van der Waals surface area contributed by atoms with Crippen LogP contribution in [0.1, 0.15) is 40.2 Å². The van der Waals surface area contributed by atoms with Gasteiger partial charge in [0, 0.05) is 45.8 Å². The molecule has 1 N–H and O–H groups in total. The van der Waals surface area contributed by atoms with Crippen LogP contribution in [0.2, 0.25) is 0 Å². The van der Waals surface area contributed by atoms with Gasteiger partial charge in [-0.05, 0) is 51.5 Å². The van der Waals surface area contributed by atoms with E-state index in [0.29, 0.717) is 11.3 Å². The second kappa shape index (κ2) is 6.93. The normalized spacial score (nSPS) is 23.4. The van der Waals surface area contributed by atoms with Gasteiger partial charge in [0.05, 0.1) is 0 Å². The maximum absolute atomic E-state index is 3.62. The molecule has 2 unspecified atom stereocenters. The summed E-state index contributed by atoms with van der Waals surface area (Å²) in [6, 6.07) is 7.27. The first-order chi connectivity index (χ1) is 9.78. The monoisotopic (exact) mass is 370 g/mol. The standard InChI is InChI=1S/C17H27BrN2S/c1-12-13(2)21-9-8-20(12)16-7-6-15(18)10-14(16)11-19-17(3,4)5/h6-7,10,12-13,19H,8-9,11H2,1-5H3. The van der Waals surface area contributed by atoms with E-state index in [9.17, 15) is 0 Å². The van der Waals surface area contributed by atoms with Gasteiger partial charge in [-0.25, -0.2) is 0 Å². The van der Waals surface area contributed by atoms with Crippen LogP contribution < -0.4 is 10.2 Å². The van der Waals surface area contributed by atoms with E-state index in [-0.39, 0.29) is 5.54 Å². The molecule has 0 bridgehead atoms. The molecule has 0 aliphatic carbocycles. The molecule has 2 rings (SSSR count). The number of nitrogens with one attached hydrogen (secondary N) is 1. The van der Waals surface area contributed by atoms with Gasteiger partial charge in [-0.1, -0.05) is 22.9 Å². The van der Waals surface area contributed by atoms with E-state index in [1.54, 1.807) is 0 Å². The molecule has 1 aliphatic rings. The largest absolute Gasteiger partial charge is 0.367 e. The highest BCUT2D eigenvalue weighted by Crippen LogP contribution is 2.32. The number of nitrogens with zero attached hydrogens (tertiary/aromatic N) is 1. The minimum absolute atomic E-state index is 0.135. The summed E-state index contributed by atoms with van der Waals surface area (Å²) in [5, 5.41) is 4.30. The van der Waals surface area contributed by atoms with Gasteiger partial charge in [-0.15, -0.1) is 0 Å². The average molecular weight is 371 g/mol. The van der Waals surface area contributed by atoms with Crippen LogP contribution >= 0.6 is 27.7 Å². The van der Waals surface area contributed by atoms with Gasteiger partial charge in [-0.2, -0.15) is 11.8 Å². The van der Waals surface area contributed by atoms with Gasteiger partial charge in [0.2, 0.25) is 0 Å². The second-order valence-electron chi connectivity index (χ2n) is 6.89. The molecule has 2 atom stereocenters. The minimum Gasteiger partial charge on any atom is -0.367 e. The van der Waals surface area contributed by atoms with Crippen LogP contribution in [0.3, 0.4) is 0 Å². The Morgan fingerprint density at radius 2 is 2.05 bits per heavy atom. The molecular weight excluding hydrogens is 344 g/mol. The summed E-state index contributed by atoms with van der Waals surface area (Å²) in [4.78, 5) is 2.58. The molecule has 0 aromatic heterocycles. The third-order valence-corrected chi connectivity index (χ3v) is 5.88. The van der Waals surface area contributed by atoms with Gasteiger partial charge in [-0.3, -0.25) is 0 Å². The van der Waals surface area contributed by atoms with Crippen molar-refractivity contribution in [3.8, 4) is 0 Å². The number of thioether (sulfide) groups is 1. The highest BCUT2D eigenvalue weighted by Gasteiger charge is 2.27. The highest BCUT2D eigenvalue weighted by molar-refractivity contribution is 9.10. The molecule has 1 aromatic rings. The summed E-state index contributed by atoms with van der Waals surface area (Å²) in [6.07, 6.45) is 0. The third-order valence-electron chi connectivity index (χ3n) is 4.04. The number of rotatable bonds is 3. The van der Waals surface area contributed by atoms with Gasteiger partial charge in [0.15, 0.2) is 0 Å². The van der Waals surface area contributed by atoms with Crippen LogP contribution in [0.25, 0.3) is 0 Å². The summed E-state index contributed by atoms with van der Waals surface area (Å²) in [5.41, 5.74) is 2.90. The van der Waals surface area contributed by atoms with Crippen molar-refractivity contribution >= 4 is 33.4 Å². The van der Waals surface area contributed by atoms with Crippen molar-refractivity contribution in [2.24, 2.45) is 0 Å². The maximum atomic E-state index is 3.62. The number of benzene rings is 1. The van der Waals surface area contributed by atoms with Crippen molar-refractivity contribution < 1.29 is 0 Å². The molecule has 1 fully saturated rings. The van der Waals surface area contributed by atoms with Gasteiger partial charge < -0.3 is 10.2 Å². The summed E-state index contributed by atoms with van der Waals surface area (Å²) in [6.45, 7) is 13.4. The van der Waals surface area contributed by atoms with Gasteiger partial charge in [0.25, 0.3) is 0 Å². The lowest BCUT2D eigenvalue weighted by Crippen LogP contribution is -2.45. The van der Waals surface area contributed by atoms with Crippen LogP contribution in [0.5, 0.6) is 0 Å². The lowest BCUT2D eigenvalue weighted by molar-refractivity contribution is 0.424. The molecule has 1 heterocycles. The molecule has 21 heavy (non-hydrogen) atoms. The Kier molecular flexibility index (Phi) is 5.66. The maximum Gasteiger partial charge on any atom is 0.0415 e. The molecule has 4 heteroatoms. The lowest BCUT2D eigenvalue weighted by Gasteiger charge is -2.40. The molecular formula is C17H27BrN2S. The summed E-state index contributed by atoms with van der Waals surface area (Å²) >= 11 is 5.70. The molecule has 1 aliphatic heterocycles. The Bertz CT molecular complexity index is 484. The summed E-state index contributed by atoms with van der Waals surface area (Å²) in [7, 11) is 0. The lowest BCUT2D eigenvalue weighted by atomic mass is 10.1. The van der Waals surface area contributed by atoms with E-state index in [2.05, 4.69) is 90.7 Å². The predicted molar refractivity (Wildman–Crippen MR) is 99.5 cm³/mol. The minimum atomic E-state index is 0.135. The van der Waals surface area contributed by atoms with Crippen molar-refractivity contribution in [1.82, 2.24) is 5.32 Å². The fraction of sp³-hybridized carbons (Fsp3) is 0.647.